The van der Waals surface area contributed by atoms with E-state index in [1.54, 1.807) is 20.0 Å². The summed E-state index contributed by atoms with van der Waals surface area (Å²) in [6.45, 7) is 4.58. The molecule has 0 saturated heterocycles. The number of hydrogen-bond donors (Lipinski definition) is 0. The third-order valence-electron chi connectivity index (χ3n) is 5.36. The maximum absolute atomic E-state index is 3.90. The van der Waals surface area contributed by atoms with Crippen LogP contribution in [0, 0.1) is 0 Å². The standard InChI is InChI=1S/C24H36Br2Se2/c1-3-5-7-9-11-13-15-19-17-21(27-23(19)25)22-18-20(24(26)28-22)16-14-12-10-8-6-4-2/h17-18H,3-16H2,1-2H3. The molecule has 0 unspecified atom stereocenters. The Labute approximate surface area is 202 Å². The van der Waals surface area contributed by atoms with Gasteiger partial charge in [0, 0.05) is 0 Å². The van der Waals surface area contributed by atoms with Gasteiger partial charge in [0.25, 0.3) is 0 Å². The van der Waals surface area contributed by atoms with Gasteiger partial charge in [-0.3, -0.25) is 0 Å². The van der Waals surface area contributed by atoms with E-state index in [-0.39, 0.29) is 0 Å². The molecule has 0 aliphatic carbocycles. The van der Waals surface area contributed by atoms with Crippen LogP contribution >= 0.6 is 31.9 Å². The summed E-state index contributed by atoms with van der Waals surface area (Å²) in [5.41, 5.74) is 3.17. The number of unbranched alkanes of at least 4 members (excludes halogenated alkanes) is 10. The van der Waals surface area contributed by atoms with E-state index in [1.807, 2.05) is 0 Å². The maximum atomic E-state index is 3.90. The van der Waals surface area contributed by atoms with Crippen LogP contribution in [-0.2, 0) is 12.8 Å². The van der Waals surface area contributed by atoms with Crippen molar-refractivity contribution in [3.8, 4) is 8.87 Å². The van der Waals surface area contributed by atoms with Crippen molar-refractivity contribution in [3.63, 3.8) is 0 Å². The number of hydrogen-bond acceptors (Lipinski definition) is 0. The minimum absolute atomic E-state index is 0.494. The van der Waals surface area contributed by atoms with Crippen LogP contribution in [0.15, 0.2) is 18.8 Å². The van der Waals surface area contributed by atoms with Crippen LogP contribution in [0.3, 0.4) is 0 Å². The average molecular weight is 642 g/mol. The summed E-state index contributed by atoms with van der Waals surface area (Å²) < 4.78 is 6.27. The topological polar surface area (TPSA) is 0 Å². The van der Waals surface area contributed by atoms with Crippen molar-refractivity contribution in [2.45, 2.75) is 104 Å². The van der Waals surface area contributed by atoms with E-state index in [1.165, 1.54) is 96.6 Å². The van der Waals surface area contributed by atoms with E-state index in [0.717, 1.165) is 0 Å². The van der Waals surface area contributed by atoms with Crippen molar-refractivity contribution in [2.24, 2.45) is 0 Å². The van der Waals surface area contributed by atoms with E-state index in [2.05, 4.69) is 57.8 Å². The van der Waals surface area contributed by atoms with Gasteiger partial charge < -0.3 is 0 Å². The Hall–Kier alpha value is 0.959. The molecule has 0 nitrogen and oxygen atoms in total. The van der Waals surface area contributed by atoms with Crippen molar-refractivity contribution in [3.05, 3.63) is 30.0 Å². The van der Waals surface area contributed by atoms with Crippen molar-refractivity contribution in [2.75, 3.05) is 0 Å². The van der Waals surface area contributed by atoms with E-state index < -0.39 is 0 Å². The molecule has 2 aromatic heterocycles. The second-order valence-corrected chi connectivity index (χ2v) is 16.2. The van der Waals surface area contributed by atoms with E-state index in [9.17, 15) is 0 Å². The fourth-order valence-corrected chi connectivity index (χ4v) is 10.5. The molecule has 2 aromatic rings. The van der Waals surface area contributed by atoms with Gasteiger partial charge in [-0.2, -0.15) is 0 Å². The average Bonchev–Trinajstić information content (AvgIpc) is 3.24. The van der Waals surface area contributed by atoms with Crippen molar-refractivity contribution in [1.29, 1.82) is 0 Å². The van der Waals surface area contributed by atoms with Gasteiger partial charge >= 0.3 is 203 Å². The van der Waals surface area contributed by atoms with Gasteiger partial charge in [-0.15, -0.1) is 0 Å². The first-order valence-corrected chi connectivity index (χ1v) is 16.2. The molecule has 0 saturated carbocycles. The van der Waals surface area contributed by atoms with Crippen LogP contribution in [0.25, 0.3) is 8.87 Å². The summed E-state index contributed by atoms with van der Waals surface area (Å²) in [7, 11) is 0. The quantitative estimate of drug-likeness (QED) is 0.135. The van der Waals surface area contributed by atoms with Crippen LogP contribution in [0.2, 0.25) is 0 Å². The molecular weight excluding hydrogens is 606 g/mol. The molecule has 0 amide bonds. The van der Waals surface area contributed by atoms with Crippen LogP contribution in [-0.4, -0.2) is 29.0 Å². The van der Waals surface area contributed by atoms with E-state index in [4.69, 9.17) is 0 Å². The summed E-state index contributed by atoms with van der Waals surface area (Å²) in [5, 5.41) is 0. The van der Waals surface area contributed by atoms with Gasteiger partial charge in [0.1, 0.15) is 0 Å². The summed E-state index contributed by atoms with van der Waals surface area (Å²) in [6, 6.07) is 5.05. The third-order valence-corrected chi connectivity index (χ3v) is 12.9. The molecule has 0 atom stereocenters. The Morgan fingerprint density at radius 2 is 0.929 bits per heavy atom. The van der Waals surface area contributed by atoms with Crippen LogP contribution in [0.4, 0.5) is 0 Å². The van der Waals surface area contributed by atoms with Gasteiger partial charge in [-0.05, 0) is 0 Å². The summed E-state index contributed by atoms with van der Waals surface area (Å²) in [5.74, 6) is 0. The zero-order valence-electron chi connectivity index (χ0n) is 17.6. The first-order valence-electron chi connectivity index (χ1n) is 11.2. The van der Waals surface area contributed by atoms with Crippen molar-refractivity contribution >= 4 is 60.9 Å². The normalized spacial score (nSPS) is 11.4. The zero-order valence-corrected chi connectivity index (χ0v) is 24.2. The number of rotatable bonds is 15. The van der Waals surface area contributed by atoms with Crippen LogP contribution < -0.4 is 0 Å². The van der Waals surface area contributed by atoms with Crippen LogP contribution in [0.5, 0.6) is 0 Å². The number of halogens is 2. The molecule has 0 aliphatic rings. The van der Waals surface area contributed by atoms with Crippen LogP contribution in [0.1, 0.15) is 102 Å². The SMILES string of the molecule is CCCCCCCCc1cc(-c2cc(CCCCCCCC)c(Br)[se]2)[se]c1Br. The molecule has 28 heavy (non-hydrogen) atoms. The molecule has 4 heteroatoms. The summed E-state index contributed by atoms with van der Waals surface area (Å²) in [4.78, 5) is 0. The molecular formula is C24H36Br2Se2. The first kappa shape index (κ1) is 25.2. The van der Waals surface area contributed by atoms with E-state index in [0.29, 0.717) is 29.0 Å². The Kier molecular flexibility index (Phi) is 13.4. The Morgan fingerprint density at radius 3 is 1.32 bits per heavy atom. The second kappa shape index (κ2) is 14.9. The molecule has 158 valence electrons. The second-order valence-electron chi connectivity index (χ2n) is 7.85. The predicted octanol–water partition coefficient (Wildman–Crippen LogP) is 8.80. The minimum atomic E-state index is 0.494. The zero-order chi connectivity index (χ0) is 20.2. The Balaban J connectivity index is 1.83. The monoisotopic (exact) mass is 642 g/mol. The molecule has 0 spiro atoms. The van der Waals surface area contributed by atoms with Crippen molar-refractivity contribution < 1.29 is 0 Å². The fraction of sp³-hybridized carbons (Fsp3) is 0.667. The summed E-state index contributed by atoms with van der Waals surface area (Å²) >= 11 is 8.78. The molecule has 0 aromatic carbocycles. The molecule has 0 radical (unpaired) electrons. The van der Waals surface area contributed by atoms with Gasteiger partial charge in [0.15, 0.2) is 0 Å². The summed E-state index contributed by atoms with van der Waals surface area (Å²) in [6.07, 6.45) is 19.1. The van der Waals surface area contributed by atoms with Gasteiger partial charge in [0.2, 0.25) is 0 Å². The third kappa shape index (κ3) is 8.99. The van der Waals surface area contributed by atoms with Crippen molar-refractivity contribution in [1.82, 2.24) is 0 Å². The molecule has 2 heterocycles. The molecule has 0 fully saturated rings. The molecule has 0 N–H and O–H groups in total. The van der Waals surface area contributed by atoms with Gasteiger partial charge in [-0.25, -0.2) is 0 Å². The Morgan fingerprint density at radius 1 is 0.571 bits per heavy atom. The van der Waals surface area contributed by atoms with Gasteiger partial charge in [0.05, 0.1) is 0 Å². The first-order chi connectivity index (χ1) is 13.7. The molecule has 0 bridgehead atoms. The fourth-order valence-electron chi connectivity index (χ4n) is 3.59. The molecule has 0 aliphatic heterocycles. The predicted molar refractivity (Wildman–Crippen MR) is 135 cm³/mol. The van der Waals surface area contributed by atoms with E-state index >= 15 is 0 Å². The Bertz CT molecular complexity index is 614. The molecule has 2 rings (SSSR count). The number of aryl methyl sites for hydroxylation is 2. The van der Waals surface area contributed by atoms with Gasteiger partial charge in [-0.1, -0.05) is 0 Å².